The fraction of sp³-hybridized carbons (Fsp3) is 0.214. The minimum Gasteiger partial charge on any atom is -0.489 e. The number of rotatable bonds is 7. The number of carboxylic acid groups (broad SMARTS) is 1. The molecule has 2 aromatic carbocycles. The Hall–Kier alpha value is -3.88. The van der Waals surface area contributed by atoms with Crippen LogP contribution in [0, 0.1) is 0 Å². The molecule has 0 spiro atoms. The van der Waals surface area contributed by atoms with E-state index in [-0.39, 0.29) is 18.1 Å². The number of ether oxygens (including phenoxy) is 1. The fourth-order valence-corrected chi connectivity index (χ4v) is 5.23. The zero-order valence-electron chi connectivity index (χ0n) is 20.0. The van der Waals surface area contributed by atoms with Gasteiger partial charge in [-0.25, -0.2) is 9.78 Å². The van der Waals surface area contributed by atoms with E-state index in [1.54, 1.807) is 24.3 Å². The molecule has 0 atom stereocenters. The van der Waals surface area contributed by atoms with Crippen molar-refractivity contribution in [3.05, 3.63) is 87.2 Å². The Kier molecular flexibility index (Phi) is 6.29. The number of anilines is 2. The molecule has 10 heteroatoms. The molecule has 2 aliphatic rings. The molecule has 1 aliphatic heterocycles. The maximum absolute atomic E-state index is 12.8. The molecule has 3 heterocycles. The minimum absolute atomic E-state index is 0.0546. The third-order valence-electron chi connectivity index (χ3n) is 6.72. The van der Waals surface area contributed by atoms with Gasteiger partial charge in [-0.15, -0.1) is 0 Å². The molecule has 8 nitrogen and oxygen atoms in total. The summed E-state index contributed by atoms with van der Waals surface area (Å²) in [5.74, 6) is 0.914. The highest BCUT2D eigenvalue weighted by molar-refractivity contribution is 6.39. The molecule has 1 aliphatic carbocycles. The van der Waals surface area contributed by atoms with Crippen molar-refractivity contribution in [2.45, 2.75) is 38.2 Å². The van der Waals surface area contributed by atoms with Crippen LogP contribution in [0.2, 0.25) is 10.0 Å². The van der Waals surface area contributed by atoms with Gasteiger partial charge in [0, 0.05) is 24.1 Å². The molecule has 0 radical (unpaired) electrons. The number of amides is 1. The van der Waals surface area contributed by atoms with Gasteiger partial charge >= 0.3 is 5.97 Å². The van der Waals surface area contributed by atoms with Crippen LogP contribution in [-0.4, -0.2) is 27.1 Å². The third kappa shape index (κ3) is 4.50. The van der Waals surface area contributed by atoms with E-state index in [0.717, 1.165) is 29.7 Å². The van der Waals surface area contributed by atoms with Crippen LogP contribution < -0.4 is 9.64 Å². The lowest BCUT2D eigenvalue weighted by Crippen LogP contribution is -2.31. The summed E-state index contributed by atoms with van der Waals surface area (Å²) >= 11 is 12.9. The predicted octanol–water partition coefficient (Wildman–Crippen LogP) is 6.81. The number of benzene rings is 2. The van der Waals surface area contributed by atoms with Crippen LogP contribution >= 0.6 is 23.2 Å². The van der Waals surface area contributed by atoms with Gasteiger partial charge in [0.2, 0.25) is 5.91 Å². The van der Waals surface area contributed by atoms with Gasteiger partial charge in [0.1, 0.15) is 29.6 Å². The van der Waals surface area contributed by atoms with E-state index in [9.17, 15) is 9.59 Å². The van der Waals surface area contributed by atoms with Gasteiger partial charge in [0.15, 0.2) is 0 Å². The quantitative estimate of drug-likeness (QED) is 0.270. The van der Waals surface area contributed by atoms with E-state index in [4.69, 9.17) is 37.6 Å². The van der Waals surface area contributed by atoms with Crippen molar-refractivity contribution in [3.8, 4) is 17.0 Å². The van der Waals surface area contributed by atoms with Crippen LogP contribution in [0.1, 0.15) is 52.4 Å². The van der Waals surface area contributed by atoms with Gasteiger partial charge in [0.05, 0.1) is 26.9 Å². The van der Waals surface area contributed by atoms with Gasteiger partial charge in [-0.2, -0.15) is 0 Å². The van der Waals surface area contributed by atoms with Crippen LogP contribution in [-0.2, 0) is 17.8 Å². The predicted molar refractivity (Wildman–Crippen MR) is 141 cm³/mol. The normalized spacial score (nSPS) is 14.9. The number of carboxylic acids is 1. The third-order valence-corrected chi connectivity index (χ3v) is 7.35. The number of pyridine rings is 1. The smallest absolute Gasteiger partial charge is 0.337 e. The van der Waals surface area contributed by atoms with Crippen molar-refractivity contribution < 1.29 is 24.0 Å². The van der Waals surface area contributed by atoms with Crippen LogP contribution in [0.5, 0.6) is 5.75 Å². The molecule has 0 saturated heterocycles. The largest absolute Gasteiger partial charge is 0.489 e. The van der Waals surface area contributed by atoms with Gasteiger partial charge in [-0.3, -0.25) is 9.69 Å². The van der Waals surface area contributed by atoms with Crippen molar-refractivity contribution in [2.24, 2.45) is 0 Å². The molecule has 0 unspecified atom stereocenters. The van der Waals surface area contributed by atoms with Crippen LogP contribution in [0.15, 0.2) is 59.3 Å². The maximum atomic E-state index is 12.8. The molecule has 4 aromatic rings. The molecule has 38 heavy (non-hydrogen) atoms. The fourth-order valence-electron chi connectivity index (χ4n) is 4.66. The highest BCUT2D eigenvalue weighted by Crippen LogP contribution is 2.46. The monoisotopic (exact) mass is 549 g/mol. The Morgan fingerprint density at radius 2 is 1.89 bits per heavy atom. The van der Waals surface area contributed by atoms with Crippen molar-refractivity contribution in [1.29, 1.82) is 0 Å². The summed E-state index contributed by atoms with van der Waals surface area (Å²) in [6.07, 6.45) is 4.15. The summed E-state index contributed by atoms with van der Waals surface area (Å²) in [5.41, 5.74) is 3.68. The molecule has 1 N–H and O–H groups in total. The number of aromatic nitrogens is 2. The summed E-state index contributed by atoms with van der Waals surface area (Å²) in [5, 5.41) is 14.4. The zero-order valence-corrected chi connectivity index (χ0v) is 21.5. The number of carbonyl (C=O) groups excluding carboxylic acids is 1. The number of hydrogen-bond acceptors (Lipinski definition) is 6. The van der Waals surface area contributed by atoms with E-state index >= 15 is 0 Å². The Morgan fingerprint density at radius 3 is 2.58 bits per heavy atom. The standard InChI is InChI=1S/C28H21Cl2N3O5/c29-20-2-1-3-21(30)25(20)26-19(27(38-32-26)15-4-5-15)14-37-18-8-9-22-16(12-18)7-11-24(34)33(22)23-10-6-17(13-31-23)28(35)36/h1-3,6,8-10,12-13,15H,4-5,7,11,14H2,(H,35,36). The summed E-state index contributed by atoms with van der Waals surface area (Å²) in [6.45, 7) is 0.214. The van der Waals surface area contributed by atoms with Crippen LogP contribution in [0.3, 0.4) is 0 Å². The van der Waals surface area contributed by atoms with Crippen molar-refractivity contribution >= 4 is 46.6 Å². The number of carbonyl (C=O) groups is 2. The van der Waals surface area contributed by atoms with Gasteiger partial charge in [-0.1, -0.05) is 34.4 Å². The minimum atomic E-state index is -1.08. The van der Waals surface area contributed by atoms with E-state index in [1.807, 2.05) is 12.1 Å². The summed E-state index contributed by atoms with van der Waals surface area (Å²) < 4.78 is 11.9. The van der Waals surface area contributed by atoms with Crippen LogP contribution in [0.4, 0.5) is 11.5 Å². The first-order chi connectivity index (χ1) is 18.4. The van der Waals surface area contributed by atoms with Crippen LogP contribution in [0.25, 0.3) is 11.3 Å². The Balaban J connectivity index is 1.28. The number of halogens is 2. The molecule has 192 valence electrons. The van der Waals surface area contributed by atoms with Gasteiger partial charge < -0.3 is 14.4 Å². The highest BCUT2D eigenvalue weighted by Gasteiger charge is 2.34. The molecule has 2 aromatic heterocycles. The first kappa shape index (κ1) is 24.5. The second kappa shape index (κ2) is 9.78. The summed E-state index contributed by atoms with van der Waals surface area (Å²) in [4.78, 5) is 29.7. The molecule has 1 fully saturated rings. The SMILES string of the molecule is O=C(O)c1ccc(N2C(=O)CCc3cc(OCc4c(-c5c(Cl)cccc5Cl)noc4C4CC4)ccc32)nc1. The number of aryl methyl sites for hydroxylation is 1. The number of hydrogen-bond donors (Lipinski definition) is 1. The lowest BCUT2D eigenvalue weighted by Gasteiger charge is -2.29. The van der Waals surface area contributed by atoms with Crippen molar-refractivity contribution in [1.82, 2.24) is 10.1 Å². The Bertz CT molecular complexity index is 1540. The van der Waals surface area contributed by atoms with E-state index < -0.39 is 5.97 Å². The first-order valence-electron chi connectivity index (χ1n) is 12.1. The average Bonchev–Trinajstić information content (AvgIpc) is 3.67. The molecule has 6 rings (SSSR count). The molecular weight excluding hydrogens is 529 g/mol. The number of aromatic carboxylic acids is 1. The summed E-state index contributed by atoms with van der Waals surface area (Å²) in [7, 11) is 0. The summed E-state index contributed by atoms with van der Waals surface area (Å²) in [6, 6.07) is 13.8. The van der Waals surface area contributed by atoms with Crippen molar-refractivity contribution in [3.63, 3.8) is 0 Å². The van der Waals surface area contributed by atoms with E-state index in [2.05, 4.69) is 10.1 Å². The highest BCUT2D eigenvalue weighted by atomic mass is 35.5. The lowest BCUT2D eigenvalue weighted by molar-refractivity contribution is -0.118. The topological polar surface area (TPSA) is 106 Å². The number of nitrogens with zero attached hydrogens (tertiary/aromatic N) is 3. The first-order valence-corrected chi connectivity index (χ1v) is 12.9. The second-order valence-corrected chi connectivity index (χ2v) is 10.1. The van der Waals surface area contributed by atoms with Gasteiger partial charge in [0.25, 0.3) is 0 Å². The molecular formula is C28H21Cl2N3O5. The van der Waals surface area contributed by atoms with E-state index in [0.29, 0.717) is 57.3 Å². The van der Waals surface area contributed by atoms with Gasteiger partial charge in [-0.05, 0) is 67.3 Å². The maximum Gasteiger partial charge on any atom is 0.337 e. The van der Waals surface area contributed by atoms with E-state index in [1.165, 1.54) is 23.2 Å². The Labute approximate surface area is 227 Å². The second-order valence-electron chi connectivity index (χ2n) is 9.26. The Morgan fingerprint density at radius 1 is 1.11 bits per heavy atom. The average molecular weight is 550 g/mol. The lowest BCUT2D eigenvalue weighted by atomic mass is 10.0. The molecule has 1 amide bonds. The molecule has 1 saturated carbocycles. The zero-order chi connectivity index (χ0) is 26.4. The van der Waals surface area contributed by atoms with Crippen molar-refractivity contribution in [2.75, 3.05) is 4.90 Å². The number of fused-ring (bicyclic) bond motifs is 1. The molecule has 0 bridgehead atoms.